The van der Waals surface area contributed by atoms with Crippen LogP contribution in [0.5, 0.6) is 40.2 Å². The van der Waals surface area contributed by atoms with Gasteiger partial charge >= 0.3 is 0 Å². The Morgan fingerprint density at radius 3 is 1.65 bits per heavy atom. The van der Waals surface area contributed by atoms with Gasteiger partial charge in [0.1, 0.15) is 95.2 Å². The van der Waals surface area contributed by atoms with Crippen molar-refractivity contribution in [1.82, 2.24) is 0 Å². The number of phenols is 4. The molecule has 0 spiro atoms. The van der Waals surface area contributed by atoms with Crippen molar-refractivity contribution < 1.29 is 85.0 Å². The number of fused-ring (bicyclic) bond motifs is 1. The van der Waals surface area contributed by atoms with Crippen molar-refractivity contribution in [2.75, 3.05) is 13.2 Å². The summed E-state index contributed by atoms with van der Waals surface area (Å²) in [7, 11) is 0. The highest BCUT2D eigenvalue weighted by Crippen LogP contribution is 2.55. The van der Waals surface area contributed by atoms with Crippen LogP contribution in [0.1, 0.15) is 39.8 Å². The minimum Gasteiger partial charge on any atom is -0.508 e. The Labute approximate surface area is 324 Å². The van der Waals surface area contributed by atoms with E-state index in [4.69, 9.17) is 23.7 Å². The Hall–Kier alpha value is -5.18. The summed E-state index contributed by atoms with van der Waals surface area (Å²) < 4.78 is 28.5. The molecule has 3 aliphatic heterocycles. The molecule has 17 nitrogen and oxygen atoms in total. The smallest absolute Gasteiger partial charge is 0.229 e. The normalized spacial score (nSPS) is 31.2. The first-order chi connectivity index (χ1) is 27.3. The van der Waals surface area contributed by atoms with Crippen LogP contribution < -0.4 is 14.2 Å². The minimum atomic E-state index is -1.69. The largest absolute Gasteiger partial charge is 0.508 e. The lowest BCUT2D eigenvalue weighted by Gasteiger charge is -2.39. The topological polar surface area (TPSA) is 289 Å². The molecule has 0 aliphatic carbocycles. The zero-order chi connectivity index (χ0) is 40.7. The SMILES string of the molecule is OC[C@H]1O[C@@H](Oc2ccc(C=Cc3cc(O)c4c(c3)O[C@@H](c3ccc(O[C@@H]5O[C@H](CO)[C@@H](O)[C@H](O)[C@H]5O)cc3O)[C@@H]4c3cc(O)cc(O)c3)cc2)[C@H](O)[C@@H](O)[C@@H]1O. The quantitative estimate of drug-likeness (QED) is 0.0962. The Balaban J connectivity index is 1.12. The van der Waals surface area contributed by atoms with Gasteiger partial charge in [0.15, 0.2) is 0 Å². The summed E-state index contributed by atoms with van der Waals surface area (Å²) in [5.74, 6) is -1.41. The van der Waals surface area contributed by atoms with Gasteiger partial charge in [0.05, 0.1) is 19.1 Å². The van der Waals surface area contributed by atoms with Crippen LogP contribution in [0, 0.1) is 0 Å². The van der Waals surface area contributed by atoms with Crippen LogP contribution in [0.3, 0.4) is 0 Å². The first kappa shape index (κ1) is 40.0. The maximum absolute atomic E-state index is 11.4. The van der Waals surface area contributed by atoms with Crippen molar-refractivity contribution in [3.8, 4) is 40.2 Å². The molecule has 4 aromatic carbocycles. The number of hydrogen-bond donors (Lipinski definition) is 12. The third-order valence-electron chi connectivity index (χ3n) is 10.2. The molecule has 4 aromatic rings. The number of aliphatic hydroxyl groups excluding tert-OH is 8. The van der Waals surface area contributed by atoms with Crippen LogP contribution in [0.2, 0.25) is 0 Å². The van der Waals surface area contributed by atoms with Gasteiger partial charge in [-0.05, 0) is 65.2 Å². The number of aromatic hydroxyl groups is 4. The van der Waals surface area contributed by atoms with E-state index in [1.165, 1.54) is 36.4 Å². The van der Waals surface area contributed by atoms with E-state index in [1.54, 1.807) is 42.5 Å². The van der Waals surface area contributed by atoms with Gasteiger partial charge in [0, 0.05) is 23.3 Å². The second kappa shape index (κ2) is 16.4. The molecule has 0 amide bonds. The van der Waals surface area contributed by atoms with Crippen molar-refractivity contribution in [3.63, 3.8) is 0 Å². The van der Waals surface area contributed by atoms with E-state index in [0.717, 1.165) is 6.07 Å². The van der Waals surface area contributed by atoms with E-state index in [0.29, 0.717) is 22.3 Å². The second-order valence-corrected chi connectivity index (χ2v) is 14.0. The number of rotatable bonds is 10. The molecule has 12 N–H and O–H groups in total. The highest BCUT2D eigenvalue weighted by atomic mass is 16.7. The molecule has 17 heteroatoms. The maximum atomic E-state index is 11.4. The zero-order valence-corrected chi connectivity index (χ0v) is 29.8. The number of ether oxygens (including phenoxy) is 5. The summed E-state index contributed by atoms with van der Waals surface area (Å²) in [4.78, 5) is 0. The summed E-state index contributed by atoms with van der Waals surface area (Å²) in [6.07, 6.45) is -12.4. The van der Waals surface area contributed by atoms with Crippen molar-refractivity contribution in [2.45, 2.75) is 73.4 Å². The molecule has 0 bridgehead atoms. The van der Waals surface area contributed by atoms with E-state index in [1.807, 2.05) is 0 Å². The number of aliphatic hydroxyl groups is 8. The maximum Gasteiger partial charge on any atom is 0.229 e. The summed E-state index contributed by atoms with van der Waals surface area (Å²) in [6, 6.07) is 17.7. The molecule has 3 heterocycles. The van der Waals surface area contributed by atoms with E-state index < -0.39 is 86.6 Å². The van der Waals surface area contributed by atoms with Gasteiger partial charge in [0.25, 0.3) is 0 Å². The Bertz CT molecular complexity index is 2050. The third-order valence-corrected chi connectivity index (χ3v) is 10.2. The predicted molar refractivity (Wildman–Crippen MR) is 195 cm³/mol. The summed E-state index contributed by atoms with van der Waals surface area (Å²) in [5.41, 5.74) is 2.07. The molecule has 57 heavy (non-hydrogen) atoms. The average molecular weight is 795 g/mol. The minimum absolute atomic E-state index is 0.00797. The van der Waals surface area contributed by atoms with Crippen molar-refractivity contribution >= 4 is 12.2 Å². The molecule has 2 saturated heterocycles. The van der Waals surface area contributed by atoms with Gasteiger partial charge in [-0.3, -0.25) is 0 Å². The van der Waals surface area contributed by atoms with Gasteiger partial charge in [-0.1, -0.05) is 24.3 Å². The van der Waals surface area contributed by atoms with E-state index in [2.05, 4.69) is 0 Å². The molecule has 2 fully saturated rings. The van der Waals surface area contributed by atoms with E-state index >= 15 is 0 Å². The molecule has 12 atom stereocenters. The molecule has 304 valence electrons. The number of benzene rings is 4. The fourth-order valence-corrected chi connectivity index (χ4v) is 7.16. The first-order valence-electron chi connectivity index (χ1n) is 17.9. The van der Waals surface area contributed by atoms with Gasteiger partial charge in [0.2, 0.25) is 12.6 Å². The Morgan fingerprint density at radius 2 is 1.09 bits per heavy atom. The molecule has 0 saturated carbocycles. The lowest BCUT2D eigenvalue weighted by atomic mass is 9.84. The molecule has 3 aliphatic rings. The standard InChI is InChI=1S/C40H42O17/c41-15-28-32(47)34(49)36(51)39(56-28)53-22-5-3-17(4-6-22)1-2-18-9-26(46)31-27(10-18)55-38(30(31)19-11-20(43)13-21(44)12-19)24-8-7-23(14-25(24)45)54-40-37(52)35(50)33(48)29(16-42)57-40/h1-14,28-30,32-52H,15-16H2/t28-,29-,30-,32-,33-,34+,35+,36-,37-,38+,39-,40-/m1/s1. The lowest BCUT2D eigenvalue weighted by molar-refractivity contribution is -0.277. The van der Waals surface area contributed by atoms with Gasteiger partial charge in [-0.25, -0.2) is 0 Å². The van der Waals surface area contributed by atoms with Crippen LogP contribution in [-0.2, 0) is 9.47 Å². The number of phenolic OH excluding ortho intramolecular Hbond substituents is 4. The summed E-state index contributed by atoms with van der Waals surface area (Å²) in [6.45, 7) is -1.26. The number of hydrogen-bond acceptors (Lipinski definition) is 17. The van der Waals surface area contributed by atoms with Crippen molar-refractivity contribution in [1.29, 1.82) is 0 Å². The Kier molecular flexibility index (Phi) is 11.5. The molecular weight excluding hydrogens is 752 g/mol. The molecule has 7 rings (SSSR count). The van der Waals surface area contributed by atoms with Gasteiger partial charge in [-0.2, -0.15) is 0 Å². The van der Waals surface area contributed by atoms with Crippen LogP contribution in [0.15, 0.2) is 72.8 Å². The zero-order valence-electron chi connectivity index (χ0n) is 29.8. The van der Waals surface area contributed by atoms with E-state index in [-0.39, 0.29) is 45.8 Å². The van der Waals surface area contributed by atoms with Crippen LogP contribution in [-0.4, -0.2) is 136 Å². The first-order valence-corrected chi connectivity index (χ1v) is 17.9. The lowest BCUT2D eigenvalue weighted by Crippen LogP contribution is -2.60. The highest BCUT2D eigenvalue weighted by Gasteiger charge is 2.46. The predicted octanol–water partition coefficient (Wildman–Crippen LogP) is 0.302. The molecule has 0 radical (unpaired) electrons. The van der Waals surface area contributed by atoms with Gasteiger partial charge in [-0.15, -0.1) is 0 Å². The summed E-state index contributed by atoms with van der Waals surface area (Å²) >= 11 is 0. The van der Waals surface area contributed by atoms with Gasteiger partial charge < -0.3 is 85.0 Å². The fourth-order valence-electron chi connectivity index (χ4n) is 7.16. The van der Waals surface area contributed by atoms with Crippen LogP contribution >= 0.6 is 0 Å². The third kappa shape index (κ3) is 8.03. The second-order valence-electron chi connectivity index (χ2n) is 14.0. The highest BCUT2D eigenvalue weighted by molar-refractivity contribution is 5.73. The van der Waals surface area contributed by atoms with Crippen molar-refractivity contribution in [2.24, 2.45) is 0 Å². The molecule has 0 unspecified atom stereocenters. The van der Waals surface area contributed by atoms with E-state index in [9.17, 15) is 61.3 Å². The monoisotopic (exact) mass is 794 g/mol. The Morgan fingerprint density at radius 1 is 0.544 bits per heavy atom. The van der Waals surface area contributed by atoms with Crippen LogP contribution in [0.25, 0.3) is 12.2 Å². The van der Waals surface area contributed by atoms with Crippen molar-refractivity contribution in [3.05, 3.63) is 101 Å². The molecular formula is C40H42O17. The fraction of sp³-hybridized carbons (Fsp3) is 0.350. The van der Waals surface area contributed by atoms with Crippen LogP contribution in [0.4, 0.5) is 0 Å². The molecule has 0 aromatic heterocycles. The average Bonchev–Trinajstić information content (AvgIpc) is 3.57. The summed E-state index contributed by atoms with van der Waals surface area (Å²) in [5, 5.41) is 123.